The SMILES string of the molecule is Cc1cccc(S(=O)(=O)/N=C/c2cccc3ccccc23)n1. The summed E-state index contributed by atoms with van der Waals surface area (Å²) in [4.78, 5) is 4.02. The number of fused-ring (bicyclic) bond motifs is 1. The average Bonchev–Trinajstić information content (AvgIpc) is 2.53. The van der Waals surface area contributed by atoms with E-state index in [-0.39, 0.29) is 5.03 Å². The van der Waals surface area contributed by atoms with Crippen LogP contribution in [0.5, 0.6) is 0 Å². The Labute approximate surface area is 129 Å². The maximum Gasteiger partial charge on any atom is 0.299 e. The molecule has 0 unspecified atom stereocenters. The summed E-state index contributed by atoms with van der Waals surface area (Å²) in [6, 6.07) is 18.3. The zero-order chi connectivity index (χ0) is 15.6. The Morgan fingerprint density at radius 1 is 0.955 bits per heavy atom. The summed E-state index contributed by atoms with van der Waals surface area (Å²) in [6.45, 7) is 1.74. The van der Waals surface area contributed by atoms with Crippen LogP contribution in [0, 0.1) is 6.92 Å². The molecule has 0 aliphatic carbocycles. The molecule has 0 amide bonds. The zero-order valence-electron chi connectivity index (χ0n) is 12.0. The van der Waals surface area contributed by atoms with Gasteiger partial charge >= 0.3 is 0 Å². The molecule has 110 valence electrons. The normalized spacial score (nSPS) is 12.0. The summed E-state index contributed by atoms with van der Waals surface area (Å²) < 4.78 is 28.2. The molecule has 0 spiro atoms. The van der Waals surface area contributed by atoms with E-state index in [1.165, 1.54) is 12.3 Å². The third-order valence-corrected chi connectivity index (χ3v) is 4.42. The second-order valence-corrected chi connectivity index (χ2v) is 6.47. The van der Waals surface area contributed by atoms with E-state index in [1.54, 1.807) is 19.1 Å². The van der Waals surface area contributed by atoms with E-state index in [0.29, 0.717) is 5.69 Å². The van der Waals surface area contributed by atoms with Crippen molar-refractivity contribution >= 4 is 27.0 Å². The van der Waals surface area contributed by atoms with Crippen molar-refractivity contribution in [3.05, 3.63) is 71.9 Å². The Hall–Kier alpha value is -2.53. The highest BCUT2D eigenvalue weighted by molar-refractivity contribution is 7.90. The predicted molar refractivity (Wildman–Crippen MR) is 87.7 cm³/mol. The molecular weight excluding hydrogens is 296 g/mol. The van der Waals surface area contributed by atoms with E-state index in [0.717, 1.165) is 16.3 Å². The molecule has 2 aromatic carbocycles. The molecule has 4 nitrogen and oxygen atoms in total. The van der Waals surface area contributed by atoms with Gasteiger partial charge in [0.1, 0.15) is 0 Å². The minimum absolute atomic E-state index is 0.0380. The number of benzene rings is 2. The second kappa shape index (κ2) is 5.69. The van der Waals surface area contributed by atoms with Crippen LogP contribution in [0.2, 0.25) is 0 Å². The lowest BCUT2D eigenvalue weighted by Gasteiger charge is -2.02. The van der Waals surface area contributed by atoms with Crippen LogP contribution in [-0.2, 0) is 10.0 Å². The molecule has 5 heteroatoms. The van der Waals surface area contributed by atoms with E-state index in [4.69, 9.17) is 0 Å². The average molecular weight is 310 g/mol. The molecule has 1 heterocycles. The Morgan fingerprint density at radius 2 is 1.68 bits per heavy atom. The van der Waals surface area contributed by atoms with Crippen LogP contribution in [0.3, 0.4) is 0 Å². The largest absolute Gasteiger partial charge is 0.299 e. The Kier molecular flexibility index (Phi) is 3.73. The third kappa shape index (κ3) is 2.89. The monoisotopic (exact) mass is 310 g/mol. The van der Waals surface area contributed by atoms with Crippen molar-refractivity contribution in [2.24, 2.45) is 4.40 Å². The van der Waals surface area contributed by atoms with Crippen LogP contribution in [0.15, 0.2) is 70.1 Å². The number of aryl methyl sites for hydroxylation is 1. The van der Waals surface area contributed by atoms with Crippen molar-refractivity contribution in [2.75, 3.05) is 0 Å². The molecule has 0 atom stereocenters. The lowest BCUT2D eigenvalue weighted by Crippen LogP contribution is -2.01. The lowest BCUT2D eigenvalue weighted by atomic mass is 10.1. The van der Waals surface area contributed by atoms with Gasteiger partial charge in [-0.1, -0.05) is 48.5 Å². The molecule has 0 saturated carbocycles. The van der Waals surface area contributed by atoms with Crippen molar-refractivity contribution in [2.45, 2.75) is 11.9 Å². The summed E-state index contributed by atoms with van der Waals surface area (Å²) in [5.74, 6) is 0. The van der Waals surface area contributed by atoms with Crippen LogP contribution in [0.4, 0.5) is 0 Å². The molecule has 0 aliphatic rings. The standard InChI is InChI=1S/C17H14N2O2S/c1-13-6-4-11-17(19-13)22(20,21)18-12-15-9-5-8-14-7-2-3-10-16(14)15/h2-12H,1H3/b18-12+. The third-order valence-electron chi connectivity index (χ3n) is 3.28. The second-order valence-electron chi connectivity index (χ2n) is 4.90. The fraction of sp³-hybridized carbons (Fsp3) is 0.0588. The first kappa shape index (κ1) is 14.4. The Bertz CT molecular complexity index is 958. The summed E-state index contributed by atoms with van der Waals surface area (Å²) in [7, 11) is -3.79. The number of hydrogen-bond donors (Lipinski definition) is 0. The van der Waals surface area contributed by atoms with E-state index in [9.17, 15) is 8.42 Å². The highest BCUT2D eigenvalue weighted by Gasteiger charge is 2.13. The van der Waals surface area contributed by atoms with Crippen molar-refractivity contribution in [3.63, 3.8) is 0 Å². The lowest BCUT2D eigenvalue weighted by molar-refractivity contribution is 0.594. The van der Waals surface area contributed by atoms with Crippen LogP contribution in [0.25, 0.3) is 10.8 Å². The number of aromatic nitrogens is 1. The molecule has 0 saturated heterocycles. The van der Waals surface area contributed by atoms with Gasteiger partial charge in [-0.2, -0.15) is 12.8 Å². The quantitative estimate of drug-likeness (QED) is 0.697. The molecule has 3 rings (SSSR count). The van der Waals surface area contributed by atoms with E-state index in [2.05, 4.69) is 9.38 Å². The van der Waals surface area contributed by atoms with Gasteiger partial charge in [0.2, 0.25) is 0 Å². The highest BCUT2D eigenvalue weighted by Crippen LogP contribution is 2.18. The van der Waals surface area contributed by atoms with Gasteiger partial charge in [-0.25, -0.2) is 4.98 Å². The topological polar surface area (TPSA) is 59.4 Å². The van der Waals surface area contributed by atoms with E-state index < -0.39 is 10.0 Å². The van der Waals surface area contributed by atoms with E-state index >= 15 is 0 Å². The molecule has 1 aromatic heterocycles. The molecule has 0 aliphatic heterocycles. The van der Waals surface area contributed by atoms with Crippen LogP contribution in [0.1, 0.15) is 11.3 Å². The maximum atomic E-state index is 12.2. The first-order chi connectivity index (χ1) is 10.6. The summed E-state index contributed by atoms with van der Waals surface area (Å²) in [5.41, 5.74) is 1.40. The van der Waals surface area contributed by atoms with Crippen molar-refractivity contribution in [3.8, 4) is 0 Å². The van der Waals surface area contributed by atoms with Gasteiger partial charge in [-0.05, 0) is 29.8 Å². The smallest absolute Gasteiger partial charge is 0.240 e. The molecule has 3 aromatic rings. The number of hydrogen-bond acceptors (Lipinski definition) is 3. The van der Waals surface area contributed by atoms with Crippen molar-refractivity contribution in [1.82, 2.24) is 4.98 Å². The number of nitrogens with zero attached hydrogens (tertiary/aromatic N) is 2. The van der Waals surface area contributed by atoms with Crippen molar-refractivity contribution in [1.29, 1.82) is 0 Å². The molecule has 0 bridgehead atoms. The van der Waals surface area contributed by atoms with Crippen LogP contribution in [-0.4, -0.2) is 19.6 Å². The first-order valence-corrected chi connectivity index (χ1v) is 8.22. The van der Waals surface area contributed by atoms with Gasteiger partial charge in [-0.15, -0.1) is 0 Å². The molecular formula is C17H14N2O2S. The fourth-order valence-corrected chi connectivity index (χ4v) is 3.08. The van der Waals surface area contributed by atoms with Crippen LogP contribution >= 0.6 is 0 Å². The predicted octanol–water partition coefficient (Wildman–Crippen LogP) is 3.35. The molecule has 0 N–H and O–H groups in total. The number of pyridine rings is 1. The van der Waals surface area contributed by atoms with Crippen LogP contribution < -0.4 is 0 Å². The van der Waals surface area contributed by atoms with Gasteiger partial charge in [0.25, 0.3) is 10.0 Å². The zero-order valence-corrected chi connectivity index (χ0v) is 12.8. The van der Waals surface area contributed by atoms with Crippen molar-refractivity contribution < 1.29 is 8.42 Å². The fourth-order valence-electron chi connectivity index (χ4n) is 2.20. The van der Waals surface area contributed by atoms with Gasteiger partial charge in [0, 0.05) is 17.5 Å². The number of rotatable bonds is 3. The maximum absolute atomic E-state index is 12.2. The Morgan fingerprint density at radius 3 is 2.50 bits per heavy atom. The van der Waals surface area contributed by atoms with Gasteiger partial charge in [0.05, 0.1) is 0 Å². The van der Waals surface area contributed by atoms with Gasteiger partial charge < -0.3 is 0 Å². The summed E-state index contributed by atoms with van der Waals surface area (Å²) >= 11 is 0. The van der Waals surface area contributed by atoms with Gasteiger partial charge in [-0.3, -0.25) is 0 Å². The van der Waals surface area contributed by atoms with E-state index in [1.807, 2.05) is 42.5 Å². The minimum Gasteiger partial charge on any atom is -0.240 e. The summed E-state index contributed by atoms with van der Waals surface area (Å²) in [6.07, 6.45) is 1.38. The molecule has 22 heavy (non-hydrogen) atoms. The first-order valence-electron chi connectivity index (χ1n) is 6.78. The summed E-state index contributed by atoms with van der Waals surface area (Å²) in [5, 5.41) is 1.96. The molecule has 0 radical (unpaired) electrons. The minimum atomic E-state index is -3.79. The highest BCUT2D eigenvalue weighted by atomic mass is 32.2. The number of sulfonamides is 1. The Balaban J connectivity index is 2.02. The van der Waals surface area contributed by atoms with Gasteiger partial charge in [0.15, 0.2) is 5.03 Å². The molecule has 0 fully saturated rings.